The summed E-state index contributed by atoms with van der Waals surface area (Å²) in [5.74, 6) is 0.403. The van der Waals surface area contributed by atoms with Gasteiger partial charge in [0.2, 0.25) is 11.7 Å². The second-order valence-electron chi connectivity index (χ2n) is 6.33. The molecule has 0 radical (unpaired) electrons. The maximum atomic E-state index is 12.1. The third-order valence-electron chi connectivity index (χ3n) is 4.36. The first-order valence-electron chi connectivity index (χ1n) is 8.78. The minimum Gasteiger partial charge on any atom is -0.508 e. The minimum absolute atomic E-state index is 0.0243. The number of rotatable bonds is 6. The Kier molecular flexibility index (Phi) is 5.13. The van der Waals surface area contributed by atoms with Crippen molar-refractivity contribution in [2.45, 2.75) is 26.4 Å². The molecule has 9 heteroatoms. The molecule has 0 atom stereocenters. The van der Waals surface area contributed by atoms with Crippen LogP contribution < -0.4 is 5.63 Å². The molecule has 0 amide bonds. The molecule has 0 aliphatic heterocycles. The summed E-state index contributed by atoms with van der Waals surface area (Å²) in [6, 6.07) is 8.18. The van der Waals surface area contributed by atoms with Gasteiger partial charge in [-0.15, -0.1) is 11.3 Å². The van der Waals surface area contributed by atoms with Crippen molar-refractivity contribution in [1.29, 1.82) is 0 Å². The van der Waals surface area contributed by atoms with Crippen LogP contribution in [0.2, 0.25) is 0 Å². The second-order valence-corrected chi connectivity index (χ2v) is 7.27. The number of hydrogen-bond donors (Lipinski definition) is 1. The van der Waals surface area contributed by atoms with E-state index in [0.29, 0.717) is 28.2 Å². The molecule has 0 unspecified atom stereocenters. The molecule has 0 aliphatic carbocycles. The quantitative estimate of drug-likeness (QED) is 0.377. The first-order chi connectivity index (χ1) is 14.0. The number of carbonyl (C=O) groups excluding carboxylic acids is 1. The topological polar surface area (TPSA) is 116 Å². The van der Waals surface area contributed by atoms with Crippen LogP contribution in [0.1, 0.15) is 23.4 Å². The van der Waals surface area contributed by atoms with Gasteiger partial charge in [-0.25, -0.2) is 4.79 Å². The summed E-state index contributed by atoms with van der Waals surface area (Å²) >= 11 is 1.50. The first-order valence-corrected chi connectivity index (χ1v) is 9.66. The van der Waals surface area contributed by atoms with Gasteiger partial charge < -0.3 is 18.8 Å². The van der Waals surface area contributed by atoms with Crippen molar-refractivity contribution >= 4 is 28.3 Å². The summed E-state index contributed by atoms with van der Waals surface area (Å²) in [5.41, 5.74) is 0.649. The SMILES string of the molecule is Cc1c(O)ccc2c(COC(=O)CCc3nc(-c4cccs4)no3)cc(=O)oc12. The fraction of sp³-hybridized carbons (Fsp3) is 0.200. The average Bonchev–Trinajstić information content (AvgIpc) is 3.39. The third kappa shape index (κ3) is 4.04. The van der Waals surface area contributed by atoms with Gasteiger partial charge in [-0.1, -0.05) is 11.2 Å². The summed E-state index contributed by atoms with van der Waals surface area (Å²) in [6.07, 6.45) is 0.313. The molecule has 0 bridgehead atoms. The Morgan fingerprint density at radius 3 is 2.97 bits per heavy atom. The van der Waals surface area contributed by atoms with Gasteiger partial charge in [0, 0.05) is 29.0 Å². The summed E-state index contributed by atoms with van der Waals surface area (Å²) < 4.78 is 15.6. The Morgan fingerprint density at radius 1 is 1.31 bits per heavy atom. The Hall–Kier alpha value is -3.46. The van der Waals surface area contributed by atoms with Crippen LogP contribution in [0.5, 0.6) is 5.75 Å². The van der Waals surface area contributed by atoms with Crippen molar-refractivity contribution in [3.63, 3.8) is 0 Å². The van der Waals surface area contributed by atoms with Crippen molar-refractivity contribution in [3.8, 4) is 16.5 Å². The number of phenolic OH excluding ortho intramolecular Hbond substituents is 1. The van der Waals surface area contributed by atoms with Gasteiger partial charge >= 0.3 is 11.6 Å². The lowest BCUT2D eigenvalue weighted by molar-refractivity contribution is -0.145. The number of benzene rings is 1. The Balaban J connectivity index is 1.40. The van der Waals surface area contributed by atoms with Crippen LogP contribution in [0, 0.1) is 6.92 Å². The van der Waals surface area contributed by atoms with Crippen molar-refractivity contribution in [3.05, 3.63) is 63.1 Å². The highest BCUT2D eigenvalue weighted by molar-refractivity contribution is 7.13. The highest BCUT2D eigenvalue weighted by Gasteiger charge is 2.14. The molecule has 1 aromatic carbocycles. The fourth-order valence-electron chi connectivity index (χ4n) is 2.84. The van der Waals surface area contributed by atoms with Gasteiger partial charge in [0.25, 0.3) is 0 Å². The number of phenols is 1. The normalized spacial score (nSPS) is 11.1. The Labute approximate surface area is 168 Å². The molecular formula is C20H16N2O6S. The molecule has 3 heterocycles. The van der Waals surface area contributed by atoms with Crippen molar-refractivity contribution in [2.24, 2.45) is 0 Å². The van der Waals surface area contributed by atoms with Crippen molar-refractivity contribution < 1.29 is 23.6 Å². The highest BCUT2D eigenvalue weighted by atomic mass is 32.1. The zero-order valence-corrected chi connectivity index (χ0v) is 16.2. The van der Waals surface area contributed by atoms with E-state index in [2.05, 4.69) is 10.1 Å². The van der Waals surface area contributed by atoms with Crippen LogP contribution in [0.25, 0.3) is 21.7 Å². The number of nitrogens with zero attached hydrogens (tertiary/aromatic N) is 2. The second kappa shape index (κ2) is 7.88. The number of aryl methyl sites for hydroxylation is 2. The van der Waals surface area contributed by atoms with E-state index in [9.17, 15) is 14.7 Å². The van der Waals surface area contributed by atoms with E-state index in [-0.39, 0.29) is 30.8 Å². The number of thiophene rings is 1. The van der Waals surface area contributed by atoms with E-state index < -0.39 is 11.6 Å². The molecule has 0 saturated carbocycles. The third-order valence-corrected chi connectivity index (χ3v) is 5.23. The first kappa shape index (κ1) is 18.9. The average molecular weight is 412 g/mol. The number of esters is 1. The van der Waals surface area contributed by atoms with Crippen LogP contribution in [0.15, 0.2) is 49.4 Å². The molecule has 148 valence electrons. The van der Waals surface area contributed by atoms with Crippen LogP contribution >= 0.6 is 11.3 Å². The van der Waals surface area contributed by atoms with E-state index >= 15 is 0 Å². The van der Waals surface area contributed by atoms with E-state index in [1.807, 2.05) is 17.5 Å². The summed E-state index contributed by atoms with van der Waals surface area (Å²) in [4.78, 5) is 29.1. The monoisotopic (exact) mass is 412 g/mol. The van der Waals surface area contributed by atoms with Gasteiger partial charge in [-0.05, 0) is 30.5 Å². The number of aromatic hydroxyl groups is 1. The number of hydrogen-bond acceptors (Lipinski definition) is 9. The molecule has 29 heavy (non-hydrogen) atoms. The summed E-state index contributed by atoms with van der Waals surface area (Å²) in [5, 5.41) is 16.2. The predicted molar refractivity (Wildman–Crippen MR) is 105 cm³/mol. The summed E-state index contributed by atoms with van der Waals surface area (Å²) in [7, 11) is 0. The minimum atomic E-state index is -0.579. The lowest BCUT2D eigenvalue weighted by Crippen LogP contribution is -2.08. The van der Waals surface area contributed by atoms with E-state index in [0.717, 1.165) is 4.88 Å². The van der Waals surface area contributed by atoms with Crippen LogP contribution in [0.3, 0.4) is 0 Å². The largest absolute Gasteiger partial charge is 0.508 e. The van der Waals surface area contributed by atoms with Gasteiger partial charge in [-0.2, -0.15) is 4.98 Å². The number of carbonyl (C=O) groups is 1. The zero-order chi connectivity index (χ0) is 20.4. The van der Waals surface area contributed by atoms with Crippen LogP contribution in [0.4, 0.5) is 0 Å². The smallest absolute Gasteiger partial charge is 0.336 e. The van der Waals surface area contributed by atoms with E-state index in [1.54, 1.807) is 13.0 Å². The predicted octanol–water partition coefficient (Wildman–Crippen LogP) is 3.59. The molecule has 0 saturated heterocycles. The van der Waals surface area contributed by atoms with Gasteiger partial charge in [0.05, 0.1) is 11.3 Å². The molecular weight excluding hydrogens is 396 g/mol. The summed E-state index contributed by atoms with van der Waals surface area (Å²) in [6.45, 7) is 1.56. The van der Waals surface area contributed by atoms with Crippen molar-refractivity contribution in [2.75, 3.05) is 0 Å². The molecule has 0 spiro atoms. The van der Waals surface area contributed by atoms with Crippen LogP contribution in [-0.2, 0) is 22.6 Å². The van der Waals surface area contributed by atoms with Crippen LogP contribution in [-0.4, -0.2) is 21.2 Å². The van der Waals surface area contributed by atoms with Crippen molar-refractivity contribution in [1.82, 2.24) is 10.1 Å². The molecule has 0 fully saturated rings. The molecule has 4 aromatic rings. The zero-order valence-electron chi connectivity index (χ0n) is 15.4. The lowest BCUT2D eigenvalue weighted by Gasteiger charge is -2.09. The molecule has 8 nitrogen and oxygen atoms in total. The molecule has 1 N–H and O–H groups in total. The Morgan fingerprint density at radius 2 is 2.17 bits per heavy atom. The van der Waals surface area contributed by atoms with Gasteiger partial charge in [-0.3, -0.25) is 4.79 Å². The Bertz CT molecular complexity index is 1230. The fourth-order valence-corrected chi connectivity index (χ4v) is 3.49. The van der Waals surface area contributed by atoms with Gasteiger partial charge in [0.1, 0.15) is 17.9 Å². The van der Waals surface area contributed by atoms with E-state index in [4.69, 9.17) is 13.7 Å². The number of aromatic nitrogens is 2. The number of ether oxygens (including phenoxy) is 1. The highest BCUT2D eigenvalue weighted by Crippen LogP contribution is 2.27. The molecule has 0 aliphatic rings. The molecule has 4 rings (SSSR count). The standard InChI is InChI=1S/C20H16N2O6S/c1-11-14(23)5-4-13-12(9-18(25)27-19(11)13)10-26-17(24)7-6-16-21-20(22-28-16)15-3-2-8-29-15/h2-5,8-9,23H,6-7,10H2,1H3. The maximum absolute atomic E-state index is 12.1. The maximum Gasteiger partial charge on any atom is 0.336 e. The molecule has 3 aromatic heterocycles. The van der Waals surface area contributed by atoms with Gasteiger partial charge in [0.15, 0.2) is 0 Å². The number of fused-ring (bicyclic) bond motifs is 1. The lowest BCUT2D eigenvalue weighted by atomic mass is 10.1. The van der Waals surface area contributed by atoms with E-state index in [1.165, 1.54) is 23.5 Å².